The summed E-state index contributed by atoms with van der Waals surface area (Å²) in [6, 6.07) is 13.4. The average Bonchev–Trinajstić information content (AvgIpc) is 2.54. The summed E-state index contributed by atoms with van der Waals surface area (Å²) in [6.07, 6.45) is 0. The van der Waals surface area contributed by atoms with E-state index in [1.165, 1.54) is 43.3 Å². The summed E-state index contributed by atoms with van der Waals surface area (Å²) in [7, 11) is 4.81. The van der Waals surface area contributed by atoms with Gasteiger partial charge in [-0.05, 0) is 12.1 Å². The average molecular weight is 506 g/mol. The second-order valence-electron chi connectivity index (χ2n) is 4.50. The van der Waals surface area contributed by atoms with Gasteiger partial charge in [-0.15, -0.1) is 0 Å². The van der Waals surface area contributed by atoms with E-state index in [9.17, 15) is 12.9 Å². The van der Waals surface area contributed by atoms with Gasteiger partial charge in [-0.3, -0.25) is 0 Å². The van der Waals surface area contributed by atoms with Crippen molar-refractivity contribution in [3.63, 3.8) is 0 Å². The summed E-state index contributed by atoms with van der Waals surface area (Å²) in [5, 5.41) is 10.7. The van der Waals surface area contributed by atoms with Gasteiger partial charge < -0.3 is 0 Å². The quantitative estimate of drug-likeness (QED) is 0.252. The van der Waals surface area contributed by atoms with Crippen LogP contribution < -0.4 is 9.67 Å². The maximum Gasteiger partial charge on any atom is 0.317 e. The Balaban J connectivity index is 0.000000463. The molecule has 0 aromatic heterocycles. The summed E-state index contributed by atoms with van der Waals surface area (Å²) < 4.78 is 54.1. The van der Waals surface area contributed by atoms with Gasteiger partial charge in [0.2, 0.25) is 0 Å². The molecule has 8 nitrogen and oxygen atoms in total. The SMILES string of the molecule is CC(=O)Nc1ccc([As](=O)(O)OO)cc1.Fc1ccccc1.O=S(=O)(Cl)Cl. The number of nitrogens with one attached hydrogen (secondary N) is 1. The molecule has 0 spiro atoms. The van der Waals surface area contributed by atoms with Gasteiger partial charge >= 0.3 is 96.7 Å². The van der Waals surface area contributed by atoms with Crippen LogP contribution in [0.15, 0.2) is 54.6 Å². The first-order valence-electron chi connectivity index (χ1n) is 6.74. The van der Waals surface area contributed by atoms with E-state index in [1.54, 1.807) is 18.2 Å². The standard InChI is InChI=1S/C8H10AsNO5.C6H5F.Cl2O2S/c1-6(11)10-8-4-2-7(3-5-8)9(12,13)15-14;7-6-4-2-1-3-5-6;1-5(2,3)4/h2-5,14H,1H3,(H,10,11)(H,12,13);1-5H;. The molecule has 0 saturated carbocycles. The van der Waals surface area contributed by atoms with Crippen LogP contribution in [0.4, 0.5) is 10.1 Å². The van der Waals surface area contributed by atoms with Crippen molar-refractivity contribution in [3.05, 3.63) is 60.4 Å². The molecule has 1 amide bonds. The molecule has 0 fully saturated rings. The number of anilines is 1. The Hall–Kier alpha value is -1.39. The topological polar surface area (TPSA) is 130 Å². The van der Waals surface area contributed by atoms with E-state index in [4.69, 9.17) is 17.8 Å². The number of hydrogen-bond donors (Lipinski definition) is 3. The van der Waals surface area contributed by atoms with Crippen LogP contribution in [-0.4, -0.2) is 37.9 Å². The number of rotatable bonds is 3. The van der Waals surface area contributed by atoms with Gasteiger partial charge in [-0.25, -0.2) is 4.39 Å². The van der Waals surface area contributed by atoms with Crippen molar-refractivity contribution in [3.8, 4) is 0 Å². The van der Waals surface area contributed by atoms with Gasteiger partial charge in [0, 0.05) is 21.4 Å². The van der Waals surface area contributed by atoms with E-state index in [1.807, 2.05) is 0 Å². The van der Waals surface area contributed by atoms with Gasteiger partial charge in [0.1, 0.15) is 5.82 Å². The smallest absolute Gasteiger partial charge is 0.207 e. The van der Waals surface area contributed by atoms with E-state index in [-0.39, 0.29) is 16.1 Å². The van der Waals surface area contributed by atoms with Crippen molar-refractivity contribution in [2.45, 2.75) is 6.92 Å². The third-order valence-electron chi connectivity index (χ3n) is 2.36. The van der Waals surface area contributed by atoms with Crippen molar-refractivity contribution in [1.29, 1.82) is 0 Å². The van der Waals surface area contributed by atoms with Crippen LogP contribution >= 0.6 is 21.4 Å². The predicted molar refractivity (Wildman–Crippen MR) is 99.8 cm³/mol. The number of amides is 1. The Morgan fingerprint density at radius 3 is 1.85 bits per heavy atom. The first kappa shape index (κ1) is 25.6. The minimum absolute atomic E-state index is 0.00438. The molecule has 2 rings (SSSR count). The normalized spacial score (nSPS) is 12.4. The van der Waals surface area contributed by atoms with Crippen LogP contribution in [0.25, 0.3) is 0 Å². The molecule has 13 heteroatoms. The van der Waals surface area contributed by atoms with E-state index in [2.05, 4.69) is 30.6 Å². The molecular formula is C14H15AsCl2FNO7S. The zero-order valence-electron chi connectivity index (χ0n) is 13.6. The van der Waals surface area contributed by atoms with Crippen molar-refractivity contribution >= 4 is 59.7 Å². The summed E-state index contributed by atoms with van der Waals surface area (Å²) in [6.45, 7) is 1.35. The first-order valence-corrected chi connectivity index (χ1v) is 13.2. The molecule has 3 N–H and O–H groups in total. The Kier molecular flexibility index (Phi) is 11.5. The molecule has 150 valence electrons. The van der Waals surface area contributed by atoms with Crippen molar-refractivity contribution < 1.29 is 34.6 Å². The molecule has 0 saturated heterocycles. The summed E-state index contributed by atoms with van der Waals surface area (Å²) in [5.74, 6) is -0.416. The number of carbonyl (C=O) groups excluding carboxylic acids is 1. The molecule has 0 aliphatic carbocycles. The predicted octanol–water partition coefficient (Wildman–Crippen LogP) is 2.24. The minimum atomic E-state index is -4.76. The van der Waals surface area contributed by atoms with Crippen molar-refractivity contribution in [2.24, 2.45) is 0 Å². The Morgan fingerprint density at radius 2 is 1.56 bits per heavy atom. The van der Waals surface area contributed by atoms with Gasteiger partial charge in [-0.2, -0.15) is 8.42 Å². The number of halogens is 3. The Bertz CT molecular complexity index is 859. The van der Waals surface area contributed by atoms with E-state index >= 15 is 0 Å². The van der Waals surface area contributed by atoms with Gasteiger partial charge in [-0.1, -0.05) is 18.2 Å². The molecule has 2 aromatic carbocycles. The van der Waals surface area contributed by atoms with Crippen LogP contribution in [0.5, 0.6) is 0 Å². The Labute approximate surface area is 166 Å². The van der Waals surface area contributed by atoms with Crippen LogP contribution in [0, 0.1) is 5.82 Å². The second kappa shape index (κ2) is 12.1. The molecule has 0 heterocycles. The number of carbonyl (C=O) groups is 1. The molecule has 27 heavy (non-hydrogen) atoms. The monoisotopic (exact) mass is 505 g/mol. The molecule has 0 bridgehead atoms. The van der Waals surface area contributed by atoms with Crippen LogP contribution in [0.2, 0.25) is 0 Å². The van der Waals surface area contributed by atoms with E-state index in [0.717, 1.165) is 0 Å². The van der Waals surface area contributed by atoms with E-state index in [0.29, 0.717) is 5.69 Å². The molecule has 1 atom stereocenters. The molecule has 0 radical (unpaired) electrons. The summed E-state index contributed by atoms with van der Waals surface area (Å²) in [4.78, 5) is 10.7. The zero-order chi connectivity index (χ0) is 21.1. The molecule has 2 aromatic rings. The second-order valence-corrected chi connectivity index (χ2v) is 11.8. The first-order chi connectivity index (χ1) is 12.3. The Morgan fingerprint density at radius 1 is 1.11 bits per heavy atom. The third kappa shape index (κ3) is 14.3. The van der Waals surface area contributed by atoms with Crippen molar-refractivity contribution in [2.75, 3.05) is 5.32 Å². The fraction of sp³-hybridized carbons (Fsp3) is 0.0714. The molecular weight excluding hydrogens is 491 g/mol. The van der Waals surface area contributed by atoms with Crippen molar-refractivity contribution in [1.82, 2.24) is 0 Å². The zero-order valence-corrected chi connectivity index (χ0v) is 17.8. The maximum absolute atomic E-state index is 11.9. The number of hydrogen-bond acceptors (Lipinski definition) is 6. The summed E-state index contributed by atoms with van der Waals surface area (Å²) in [5.41, 5.74) is 0.500. The fourth-order valence-electron chi connectivity index (χ4n) is 1.40. The van der Waals surface area contributed by atoms with Crippen LogP contribution in [0.3, 0.4) is 0 Å². The van der Waals surface area contributed by atoms with Crippen LogP contribution in [-0.2, 0) is 20.7 Å². The molecule has 0 aliphatic rings. The fourth-order valence-corrected chi connectivity index (χ4v) is 2.70. The third-order valence-corrected chi connectivity index (χ3v) is 4.82. The van der Waals surface area contributed by atoms with E-state index < -0.39 is 22.4 Å². The summed E-state index contributed by atoms with van der Waals surface area (Å²) >= 11 is -4.76. The van der Waals surface area contributed by atoms with Crippen LogP contribution in [0.1, 0.15) is 6.92 Å². The number of benzene rings is 2. The molecule has 0 aliphatic heterocycles. The minimum Gasteiger partial charge on any atom is -0.207 e. The van der Waals surface area contributed by atoms with Gasteiger partial charge in [0.25, 0.3) is 0 Å². The largest absolute Gasteiger partial charge is 0.317 e. The van der Waals surface area contributed by atoms with Gasteiger partial charge in [0.05, 0.1) is 0 Å². The van der Waals surface area contributed by atoms with Gasteiger partial charge in [0.15, 0.2) is 0 Å². The maximum atomic E-state index is 11.9. The molecule has 1 unspecified atom stereocenters.